The topological polar surface area (TPSA) is 103 Å². The molecule has 3 rings (SSSR count). The van der Waals surface area contributed by atoms with Crippen LogP contribution < -0.4 is 10.4 Å². The Morgan fingerprint density at radius 2 is 2.00 bits per heavy atom. The Kier molecular flexibility index (Phi) is 5.49. The number of aromatic nitrogens is 1. The van der Waals surface area contributed by atoms with Crippen LogP contribution in [0.2, 0.25) is 5.02 Å². The average Bonchev–Trinajstić information content (AvgIpc) is 3.11. The first kappa shape index (κ1) is 19.1. The number of thiazole rings is 1. The first-order valence-corrected chi connectivity index (χ1v) is 10.4. The van der Waals surface area contributed by atoms with Crippen LogP contribution >= 0.6 is 22.9 Å². The number of aryl methyl sites for hydroxylation is 1. The molecule has 0 saturated carbocycles. The highest BCUT2D eigenvalue weighted by atomic mass is 35.5. The van der Waals surface area contributed by atoms with E-state index >= 15 is 0 Å². The minimum atomic E-state index is -3.68. The summed E-state index contributed by atoms with van der Waals surface area (Å²) in [4.78, 5) is 17.9. The molecule has 1 saturated heterocycles. The molecule has 0 unspecified atom stereocenters. The number of nitrogens with one attached hydrogen (secondary N) is 1. The van der Waals surface area contributed by atoms with Crippen LogP contribution in [0.25, 0.3) is 0 Å². The van der Waals surface area contributed by atoms with Gasteiger partial charge in [-0.2, -0.15) is 4.31 Å². The molecule has 2 aromatic rings. The predicted molar refractivity (Wildman–Crippen MR) is 98.5 cm³/mol. The molecule has 0 bridgehead atoms. The SMILES string of the molecule is Cc1cccc(Cl)c1S(=O)(=O)N1CCN(c2ncc(C(=O)NO)s2)CC1. The molecule has 2 N–H and O–H groups in total. The summed E-state index contributed by atoms with van der Waals surface area (Å²) >= 11 is 7.26. The highest BCUT2D eigenvalue weighted by Crippen LogP contribution is 2.30. The van der Waals surface area contributed by atoms with Gasteiger partial charge >= 0.3 is 0 Å². The van der Waals surface area contributed by atoms with Crippen molar-refractivity contribution in [1.29, 1.82) is 0 Å². The van der Waals surface area contributed by atoms with Gasteiger partial charge in [0.15, 0.2) is 5.13 Å². The van der Waals surface area contributed by atoms with Gasteiger partial charge in [0.2, 0.25) is 10.0 Å². The molecule has 1 aromatic carbocycles. The normalized spacial score (nSPS) is 15.9. The molecule has 26 heavy (non-hydrogen) atoms. The maximum atomic E-state index is 12.9. The van der Waals surface area contributed by atoms with Crippen LogP contribution in [0.15, 0.2) is 29.3 Å². The lowest BCUT2D eigenvalue weighted by atomic mass is 10.2. The van der Waals surface area contributed by atoms with Crippen molar-refractivity contribution in [2.24, 2.45) is 0 Å². The first-order valence-electron chi connectivity index (χ1n) is 7.75. The second kappa shape index (κ2) is 7.49. The van der Waals surface area contributed by atoms with Crippen LogP contribution in [-0.2, 0) is 10.0 Å². The van der Waals surface area contributed by atoms with Gasteiger partial charge in [0, 0.05) is 26.2 Å². The third kappa shape index (κ3) is 3.55. The number of hydrogen-bond acceptors (Lipinski definition) is 7. The van der Waals surface area contributed by atoms with E-state index in [1.54, 1.807) is 30.6 Å². The number of rotatable bonds is 4. The number of amides is 1. The lowest BCUT2D eigenvalue weighted by Crippen LogP contribution is -2.48. The van der Waals surface area contributed by atoms with Crippen molar-refractivity contribution < 1.29 is 18.4 Å². The maximum absolute atomic E-state index is 12.9. The molecule has 0 spiro atoms. The Labute approximate surface area is 160 Å². The number of benzene rings is 1. The van der Waals surface area contributed by atoms with Crippen LogP contribution in [0.1, 0.15) is 15.2 Å². The van der Waals surface area contributed by atoms with Gasteiger partial charge in [0.05, 0.1) is 11.2 Å². The average molecular weight is 417 g/mol. The molecule has 1 aromatic heterocycles. The summed E-state index contributed by atoms with van der Waals surface area (Å²) in [5, 5.41) is 9.49. The number of hydrogen-bond donors (Lipinski definition) is 2. The zero-order valence-corrected chi connectivity index (χ0v) is 16.2. The highest BCUT2D eigenvalue weighted by Gasteiger charge is 2.32. The largest absolute Gasteiger partial charge is 0.345 e. The standard InChI is InChI=1S/C15H17ClN4O4S2/c1-10-3-2-4-11(16)13(10)26(23,24)20-7-5-19(6-8-20)15-17-9-12(25-15)14(21)18-22/h2-4,9,22H,5-8H2,1H3,(H,18,21). The fraction of sp³-hybridized carbons (Fsp3) is 0.333. The first-order chi connectivity index (χ1) is 12.3. The highest BCUT2D eigenvalue weighted by molar-refractivity contribution is 7.89. The summed E-state index contributed by atoms with van der Waals surface area (Å²) in [7, 11) is -3.68. The molecule has 1 fully saturated rings. The van der Waals surface area contributed by atoms with Gasteiger partial charge in [0.1, 0.15) is 9.77 Å². The Morgan fingerprint density at radius 1 is 1.31 bits per heavy atom. The van der Waals surface area contributed by atoms with E-state index in [2.05, 4.69) is 4.98 Å². The summed E-state index contributed by atoms with van der Waals surface area (Å²) in [5.74, 6) is -0.621. The van der Waals surface area contributed by atoms with E-state index in [0.717, 1.165) is 11.3 Å². The van der Waals surface area contributed by atoms with Gasteiger partial charge in [-0.3, -0.25) is 10.0 Å². The zero-order chi connectivity index (χ0) is 18.9. The third-order valence-corrected chi connectivity index (χ3v) is 7.68. The summed E-state index contributed by atoms with van der Waals surface area (Å²) in [6, 6.07) is 5.01. The minimum Gasteiger partial charge on any atom is -0.345 e. The summed E-state index contributed by atoms with van der Waals surface area (Å²) in [5.41, 5.74) is 2.18. The summed E-state index contributed by atoms with van der Waals surface area (Å²) in [6.45, 7) is 3.17. The van der Waals surface area contributed by atoms with Crippen molar-refractivity contribution in [2.45, 2.75) is 11.8 Å². The van der Waals surface area contributed by atoms with Crippen molar-refractivity contribution in [3.05, 3.63) is 39.9 Å². The molecule has 8 nitrogen and oxygen atoms in total. The van der Waals surface area contributed by atoms with E-state index < -0.39 is 15.9 Å². The van der Waals surface area contributed by atoms with E-state index in [0.29, 0.717) is 23.8 Å². The number of carbonyl (C=O) groups excluding carboxylic acids is 1. The van der Waals surface area contributed by atoms with E-state index in [4.69, 9.17) is 16.8 Å². The predicted octanol–water partition coefficient (Wildman–Crippen LogP) is 1.73. The monoisotopic (exact) mass is 416 g/mol. The molecule has 0 aliphatic carbocycles. The van der Waals surface area contributed by atoms with E-state index in [1.165, 1.54) is 10.5 Å². The van der Waals surface area contributed by atoms with Gasteiger partial charge in [-0.05, 0) is 18.6 Å². The van der Waals surface area contributed by atoms with Gasteiger partial charge < -0.3 is 4.90 Å². The molecule has 0 radical (unpaired) electrons. The van der Waals surface area contributed by atoms with E-state index in [-0.39, 0.29) is 27.9 Å². The Bertz CT molecular complexity index is 903. The fourth-order valence-corrected chi connectivity index (χ4v) is 5.83. The molecule has 1 amide bonds. The second-order valence-electron chi connectivity index (χ2n) is 5.73. The minimum absolute atomic E-state index is 0.145. The number of nitrogens with zero attached hydrogens (tertiary/aromatic N) is 3. The third-order valence-electron chi connectivity index (χ3n) is 4.09. The van der Waals surface area contributed by atoms with Crippen LogP contribution in [0, 0.1) is 6.92 Å². The van der Waals surface area contributed by atoms with Gasteiger partial charge in [-0.15, -0.1) is 0 Å². The number of hydroxylamine groups is 1. The molecule has 11 heteroatoms. The van der Waals surface area contributed by atoms with Crippen molar-refractivity contribution >= 4 is 44.0 Å². The maximum Gasteiger partial charge on any atom is 0.286 e. The molecule has 2 heterocycles. The zero-order valence-electron chi connectivity index (χ0n) is 13.8. The molecule has 0 atom stereocenters. The molecule has 1 aliphatic heterocycles. The number of piperazine rings is 1. The van der Waals surface area contributed by atoms with Crippen LogP contribution in [0.3, 0.4) is 0 Å². The van der Waals surface area contributed by atoms with Crippen molar-refractivity contribution in [3.8, 4) is 0 Å². The quantitative estimate of drug-likeness (QED) is 0.581. The number of anilines is 1. The Morgan fingerprint density at radius 3 is 2.62 bits per heavy atom. The van der Waals surface area contributed by atoms with Crippen molar-refractivity contribution in [1.82, 2.24) is 14.8 Å². The van der Waals surface area contributed by atoms with Gasteiger partial charge in [-0.25, -0.2) is 18.9 Å². The van der Waals surface area contributed by atoms with E-state index in [9.17, 15) is 13.2 Å². The summed E-state index contributed by atoms with van der Waals surface area (Å²) in [6.07, 6.45) is 1.38. The number of carbonyl (C=O) groups is 1. The lowest BCUT2D eigenvalue weighted by Gasteiger charge is -2.34. The summed E-state index contributed by atoms with van der Waals surface area (Å²) < 4.78 is 27.3. The van der Waals surface area contributed by atoms with Gasteiger partial charge in [-0.1, -0.05) is 35.1 Å². The van der Waals surface area contributed by atoms with Crippen molar-refractivity contribution in [3.63, 3.8) is 0 Å². The lowest BCUT2D eigenvalue weighted by molar-refractivity contribution is 0.0710. The van der Waals surface area contributed by atoms with Crippen LogP contribution in [-0.4, -0.2) is 55.0 Å². The molecular formula is C15H17ClN4O4S2. The molecule has 140 valence electrons. The number of halogens is 1. The van der Waals surface area contributed by atoms with Gasteiger partial charge in [0.25, 0.3) is 5.91 Å². The molecular weight excluding hydrogens is 400 g/mol. The second-order valence-corrected chi connectivity index (χ2v) is 9.02. The number of sulfonamides is 1. The van der Waals surface area contributed by atoms with E-state index in [1.807, 2.05) is 4.90 Å². The molecule has 1 aliphatic rings. The Balaban J connectivity index is 1.74. The van der Waals surface area contributed by atoms with Crippen molar-refractivity contribution in [2.75, 3.05) is 31.1 Å². The Hall–Kier alpha value is -1.72. The fourth-order valence-electron chi connectivity index (χ4n) is 2.76. The smallest absolute Gasteiger partial charge is 0.286 e. The van der Waals surface area contributed by atoms with Crippen LogP contribution in [0.4, 0.5) is 5.13 Å². The van der Waals surface area contributed by atoms with Crippen LogP contribution in [0.5, 0.6) is 0 Å².